The van der Waals surface area contributed by atoms with Crippen molar-refractivity contribution in [3.63, 3.8) is 0 Å². The molecule has 0 radical (unpaired) electrons. The molecule has 1 amide bonds. The fourth-order valence-electron chi connectivity index (χ4n) is 1.72. The predicted octanol–water partition coefficient (Wildman–Crippen LogP) is 3.53. The van der Waals surface area contributed by atoms with Gasteiger partial charge < -0.3 is 10.1 Å². The quantitative estimate of drug-likeness (QED) is 0.863. The van der Waals surface area contributed by atoms with Gasteiger partial charge in [-0.3, -0.25) is 4.79 Å². The average Bonchev–Trinajstić information content (AvgIpc) is 2.51. The van der Waals surface area contributed by atoms with E-state index in [-0.39, 0.29) is 11.3 Å². The molecule has 0 spiro atoms. The van der Waals surface area contributed by atoms with Gasteiger partial charge in [0.1, 0.15) is 5.00 Å². The van der Waals surface area contributed by atoms with Gasteiger partial charge in [-0.1, -0.05) is 20.8 Å². The van der Waals surface area contributed by atoms with Gasteiger partial charge >= 0.3 is 5.97 Å². The summed E-state index contributed by atoms with van der Waals surface area (Å²) in [6.07, 6.45) is 0.406. The number of anilines is 1. The molecule has 106 valence electrons. The van der Waals surface area contributed by atoms with E-state index in [1.54, 1.807) is 0 Å². The Bertz CT molecular complexity index is 498. The van der Waals surface area contributed by atoms with E-state index in [4.69, 9.17) is 4.74 Å². The highest BCUT2D eigenvalue weighted by molar-refractivity contribution is 7.16. The lowest BCUT2D eigenvalue weighted by molar-refractivity contribution is -0.117. The van der Waals surface area contributed by atoms with Crippen LogP contribution < -0.4 is 5.32 Å². The maximum Gasteiger partial charge on any atom is 0.341 e. The second-order valence-electron chi connectivity index (χ2n) is 5.76. The van der Waals surface area contributed by atoms with E-state index in [1.807, 2.05) is 34.6 Å². The molecule has 0 aliphatic carbocycles. The molecule has 0 saturated carbocycles. The average molecular weight is 283 g/mol. The van der Waals surface area contributed by atoms with Crippen LogP contribution in [-0.2, 0) is 9.53 Å². The summed E-state index contributed by atoms with van der Waals surface area (Å²) in [5.74, 6) is -0.494. The first kappa shape index (κ1) is 15.7. The van der Waals surface area contributed by atoms with Crippen molar-refractivity contribution in [2.24, 2.45) is 5.41 Å². The molecule has 0 aliphatic rings. The first-order valence-electron chi connectivity index (χ1n) is 6.14. The van der Waals surface area contributed by atoms with Crippen LogP contribution in [0.4, 0.5) is 5.00 Å². The van der Waals surface area contributed by atoms with Gasteiger partial charge in [-0.2, -0.15) is 0 Å². The molecule has 5 heteroatoms. The van der Waals surface area contributed by atoms with Gasteiger partial charge in [-0.15, -0.1) is 11.3 Å². The zero-order valence-corrected chi connectivity index (χ0v) is 13.2. The number of carbonyl (C=O) groups is 2. The number of ether oxygens (including phenoxy) is 1. The van der Waals surface area contributed by atoms with Crippen LogP contribution >= 0.6 is 11.3 Å². The summed E-state index contributed by atoms with van der Waals surface area (Å²) >= 11 is 1.41. The van der Waals surface area contributed by atoms with Crippen LogP contribution in [0.1, 0.15) is 48.0 Å². The van der Waals surface area contributed by atoms with Crippen molar-refractivity contribution in [1.82, 2.24) is 0 Å². The van der Waals surface area contributed by atoms with Crippen LogP contribution in [0.25, 0.3) is 0 Å². The van der Waals surface area contributed by atoms with Crippen molar-refractivity contribution >= 4 is 28.2 Å². The molecule has 19 heavy (non-hydrogen) atoms. The second kappa shape index (κ2) is 5.74. The summed E-state index contributed by atoms with van der Waals surface area (Å²) in [7, 11) is 1.34. The summed E-state index contributed by atoms with van der Waals surface area (Å²) in [5, 5.41) is 3.40. The molecule has 4 nitrogen and oxygen atoms in total. The van der Waals surface area contributed by atoms with E-state index in [0.717, 1.165) is 10.4 Å². The van der Waals surface area contributed by atoms with Crippen molar-refractivity contribution < 1.29 is 14.3 Å². The number of hydrogen-bond acceptors (Lipinski definition) is 4. The van der Waals surface area contributed by atoms with Crippen LogP contribution in [0, 0.1) is 19.3 Å². The minimum absolute atomic E-state index is 0.0843. The Kier molecular flexibility index (Phi) is 4.74. The molecule has 1 N–H and O–H groups in total. The topological polar surface area (TPSA) is 55.4 Å². The van der Waals surface area contributed by atoms with Gasteiger partial charge in [0.25, 0.3) is 0 Å². The lowest BCUT2D eigenvalue weighted by Crippen LogP contribution is -2.20. The number of aryl methyl sites for hydroxylation is 1. The Hall–Kier alpha value is -1.36. The van der Waals surface area contributed by atoms with Crippen molar-refractivity contribution in [3.8, 4) is 0 Å². The fourth-order valence-corrected chi connectivity index (χ4v) is 2.78. The number of methoxy groups -OCH3 is 1. The Morgan fingerprint density at radius 3 is 2.32 bits per heavy atom. The molecule has 0 aliphatic heterocycles. The molecule has 0 saturated heterocycles. The minimum atomic E-state index is -0.409. The minimum Gasteiger partial charge on any atom is -0.465 e. The summed E-state index contributed by atoms with van der Waals surface area (Å²) < 4.78 is 4.77. The molecule has 1 aromatic heterocycles. The third-order valence-electron chi connectivity index (χ3n) is 2.72. The Labute approximate surface area is 118 Å². The predicted molar refractivity (Wildman–Crippen MR) is 77.8 cm³/mol. The third kappa shape index (κ3) is 4.06. The number of rotatable bonds is 3. The second-order valence-corrected chi connectivity index (χ2v) is 6.99. The third-order valence-corrected chi connectivity index (χ3v) is 3.84. The van der Waals surface area contributed by atoms with E-state index in [2.05, 4.69) is 5.32 Å². The zero-order chi connectivity index (χ0) is 14.8. The normalized spacial score (nSPS) is 11.3. The number of carbonyl (C=O) groups excluding carboxylic acids is 2. The van der Waals surface area contributed by atoms with E-state index in [1.165, 1.54) is 18.4 Å². The summed E-state index contributed by atoms with van der Waals surface area (Å²) in [5.41, 5.74) is 1.24. The Morgan fingerprint density at radius 1 is 1.26 bits per heavy atom. The maximum absolute atomic E-state index is 12.0. The maximum atomic E-state index is 12.0. The number of nitrogens with one attached hydrogen (secondary N) is 1. The SMILES string of the molecule is COC(=O)c1c(NC(=O)CC(C)(C)C)sc(C)c1C. The lowest BCUT2D eigenvalue weighted by Gasteiger charge is -2.17. The van der Waals surface area contributed by atoms with Crippen molar-refractivity contribution in [3.05, 3.63) is 16.0 Å². The van der Waals surface area contributed by atoms with Crippen LogP contribution in [0.2, 0.25) is 0 Å². The largest absolute Gasteiger partial charge is 0.465 e. The molecular formula is C14H21NO3S. The van der Waals surface area contributed by atoms with E-state index < -0.39 is 5.97 Å². The van der Waals surface area contributed by atoms with Crippen molar-refractivity contribution in [2.75, 3.05) is 12.4 Å². The van der Waals surface area contributed by atoms with Crippen LogP contribution in [0.15, 0.2) is 0 Å². The number of esters is 1. The van der Waals surface area contributed by atoms with Gasteiger partial charge in [0.2, 0.25) is 5.91 Å². The van der Waals surface area contributed by atoms with Crippen molar-refractivity contribution in [2.45, 2.75) is 41.0 Å². The molecule has 0 fully saturated rings. The van der Waals surface area contributed by atoms with Gasteiger partial charge in [-0.05, 0) is 24.8 Å². The highest BCUT2D eigenvalue weighted by atomic mass is 32.1. The molecule has 1 heterocycles. The highest BCUT2D eigenvalue weighted by Crippen LogP contribution is 2.33. The van der Waals surface area contributed by atoms with Crippen molar-refractivity contribution in [1.29, 1.82) is 0 Å². The molecule has 1 aromatic rings. The molecule has 1 rings (SSSR count). The van der Waals surface area contributed by atoms with Crippen LogP contribution in [0.5, 0.6) is 0 Å². The van der Waals surface area contributed by atoms with Crippen LogP contribution in [0.3, 0.4) is 0 Å². The number of amides is 1. The zero-order valence-electron chi connectivity index (χ0n) is 12.3. The molecular weight excluding hydrogens is 262 g/mol. The number of thiophene rings is 1. The van der Waals surface area contributed by atoms with E-state index in [0.29, 0.717) is 17.0 Å². The monoisotopic (exact) mass is 283 g/mol. The summed E-state index contributed by atoms with van der Waals surface area (Å²) in [6, 6.07) is 0. The Balaban J connectivity index is 2.99. The van der Waals surface area contributed by atoms with Gasteiger partial charge in [0, 0.05) is 11.3 Å². The van der Waals surface area contributed by atoms with Gasteiger partial charge in [0.15, 0.2) is 0 Å². The first-order valence-corrected chi connectivity index (χ1v) is 6.95. The smallest absolute Gasteiger partial charge is 0.341 e. The van der Waals surface area contributed by atoms with E-state index in [9.17, 15) is 9.59 Å². The highest BCUT2D eigenvalue weighted by Gasteiger charge is 2.23. The fraction of sp³-hybridized carbons (Fsp3) is 0.571. The molecule has 0 bridgehead atoms. The summed E-state index contributed by atoms with van der Waals surface area (Å²) in [6.45, 7) is 9.78. The van der Waals surface area contributed by atoms with Crippen LogP contribution in [-0.4, -0.2) is 19.0 Å². The van der Waals surface area contributed by atoms with Gasteiger partial charge in [-0.25, -0.2) is 4.79 Å². The van der Waals surface area contributed by atoms with Gasteiger partial charge in [0.05, 0.1) is 12.7 Å². The standard InChI is InChI=1S/C14H21NO3S/c1-8-9(2)19-12(11(8)13(17)18-6)15-10(16)7-14(3,4)5/h7H2,1-6H3,(H,15,16). The summed E-state index contributed by atoms with van der Waals surface area (Å²) in [4.78, 5) is 24.7. The Morgan fingerprint density at radius 2 is 1.84 bits per heavy atom. The molecule has 0 aromatic carbocycles. The molecule has 0 atom stereocenters. The number of hydrogen-bond donors (Lipinski definition) is 1. The molecule has 0 unspecified atom stereocenters. The first-order chi connectivity index (χ1) is 8.65. The lowest BCUT2D eigenvalue weighted by atomic mass is 9.92. The van der Waals surface area contributed by atoms with E-state index >= 15 is 0 Å².